The number of likely N-dealkylation sites (N-methyl/N-ethyl adjacent to an activating group) is 1. The third-order valence-corrected chi connectivity index (χ3v) is 4.88. The monoisotopic (exact) mass is 325 g/mol. The first-order chi connectivity index (χ1) is 10.5. The number of amides is 2. The van der Waals surface area contributed by atoms with Gasteiger partial charge in [-0.15, -0.1) is 11.3 Å². The molecule has 1 saturated carbocycles. The molecule has 6 nitrogen and oxygen atoms in total. The molecule has 22 heavy (non-hydrogen) atoms. The van der Waals surface area contributed by atoms with Crippen LogP contribution in [0, 0.1) is 0 Å². The molecule has 1 aromatic heterocycles. The average molecular weight is 325 g/mol. The molecule has 1 aliphatic carbocycles. The lowest BCUT2D eigenvalue weighted by Crippen LogP contribution is -2.56. The third-order valence-electron chi connectivity index (χ3n) is 4.02. The molecule has 0 bridgehead atoms. The zero-order chi connectivity index (χ0) is 16.1. The average Bonchev–Trinajstić information content (AvgIpc) is 2.92. The summed E-state index contributed by atoms with van der Waals surface area (Å²) in [5, 5.41) is 13.9. The summed E-state index contributed by atoms with van der Waals surface area (Å²) < 4.78 is 0. The van der Waals surface area contributed by atoms with Crippen LogP contribution in [0.3, 0.4) is 0 Å². The fraction of sp³-hybridized carbons (Fsp3) is 0.600. The van der Waals surface area contributed by atoms with Gasteiger partial charge in [0.15, 0.2) is 0 Å². The molecule has 1 heterocycles. The zero-order valence-electron chi connectivity index (χ0n) is 13.0. The Bertz CT molecular complexity index is 500. The number of nitrogens with zero attached hydrogens (tertiary/aromatic N) is 2. The van der Waals surface area contributed by atoms with Gasteiger partial charge in [-0.05, 0) is 30.8 Å². The molecule has 1 aromatic rings. The number of thiophene rings is 1. The topological polar surface area (TPSA) is 72.9 Å². The first kappa shape index (κ1) is 16.8. The Labute approximate surface area is 134 Å². The number of urea groups is 1. The molecule has 0 aromatic carbocycles. The molecule has 0 saturated heterocycles. The minimum absolute atomic E-state index is 0.0696. The van der Waals surface area contributed by atoms with Gasteiger partial charge in [-0.1, -0.05) is 13.0 Å². The minimum atomic E-state index is -0.801. The maximum atomic E-state index is 12.1. The Morgan fingerprint density at radius 3 is 2.73 bits per heavy atom. The highest BCUT2D eigenvalue weighted by Crippen LogP contribution is 2.25. The number of hydrogen-bond acceptors (Lipinski definition) is 4. The van der Waals surface area contributed by atoms with Crippen molar-refractivity contribution >= 4 is 23.3 Å². The van der Waals surface area contributed by atoms with E-state index in [1.54, 1.807) is 23.3 Å². The van der Waals surface area contributed by atoms with E-state index in [2.05, 4.69) is 5.32 Å². The van der Waals surface area contributed by atoms with E-state index in [0.717, 1.165) is 24.3 Å². The molecule has 0 spiro atoms. The number of carbonyl (C=O) groups is 2. The van der Waals surface area contributed by atoms with Crippen molar-refractivity contribution in [2.24, 2.45) is 0 Å². The molecule has 2 N–H and O–H groups in total. The first-order valence-corrected chi connectivity index (χ1v) is 8.37. The Hall–Kier alpha value is -1.60. The highest BCUT2D eigenvalue weighted by Gasteiger charge is 2.35. The normalized spacial score (nSPS) is 20.5. The van der Waals surface area contributed by atoms with Crippen LogP contribution < -0.4 is 5.32 Å². The second kappa shape index (κ2) is 7.60. The van der Waals surface area contributed by atoms with Gasteiger partial charge in [-0.25, -0.2) is 4.79 Å². The second-order valence-corrected chi connectivity index (χ2v) is 6.70. The van der Waals surface area contributed by atoms with Gasteiger partial charge in [0.1, 0.15) is 0 Å². The van der Waals surface area contributed by atoms with Crippen LogP contribution in [0.1, 0.15) is 24.6 Å². The van der Waals surface area contributed by atoms with Crippen LogP contribution >= 0.6 is 11.3 Å². The molecule has 7 heteroatoms. The number of rotatable bonds is 7. The number of carbonyl (C=O) groups excluding carboxylic acids is 1. The highest BCUT2D eigenvalue weighted by molar-refractivity contribution is 7.09. The summed E-state index contributed by atoms with van der Waals surface area (Å²) in [6.07, 6.45) is 1.64. The number of aliphatic carboxylic acids is 1. The summed E-state index contributed by atoms with van der Waals surface area (Å²) in [5.41, 5.74) is 0. The minimum Gasteiger partial charge on any atom is -0.480 e. The van der Waals surface area contributed by atoms with Crippen molar-refractivity contribution in [2.75, 3.05) is 20.1 Å². The largest absolute Gasteiger partial charge is 0.480 e. The van der Waals surface area contributed by atoms with Crippen LogP contribution in [-0.2, 0) is 11.3 Å². The Balaban J connectivity index is 1.72. The predicted octanol–water partition coefficient (Wildman–Crippen LogP) is 1.83. The van der Waals surface area contributed by atoms with Gasteiger partial charge in [-0.3, -0.25) is 9.69 Å². The molecule has 2 amide bonds. The van der Waals surface area contributed by atoms with Crippen LogP contribution in [0.15, 0.2) is 17.5 Å². The summed E-state index contributed by atoms with van der Waals surface area (Å²) in [7, 11) is 1.79. The number of carboxylic acid groups (broad SMARTS) is 1. The van der Waals surface area contributed by atoms with E-state index < -0.39 is 5.97 Å². The molecule has 0 unspecified atom stereocenters. The molecule has 122 valence electrons. The quantitative estimate of drug-likeness (QED) is 0.802. The molecule has 0 aliphatic heterocycles. The highest BCUT2D eigenvalue weighted by atomic mass is 32.1. The fourth-order valence-corrected chi connectivity index (χ4v) is 3.43. The van der Waals surface area contributed by atoms with Gasteiger partial charge < -0.3 is 15.3 Å². The fourth-order valence-electron chi connectivity index (χ4n) is 2.67. The molecule has 1 fully saturated rings. The lowest BCUT2D eigenvalue weighted by molar-refractivity contribution is -0.139. The van der Waals surface area contributed by atoms with E-state index in [9.17, 15) is 9.59 Å². The van der Waals surface area contributed by atoms with Crippen molar-refractivity contribution in [1.82, 2.24) is 15.1 Å². The van der Waals surface area contributed by atoms with Crippen molar-refractivity contribution in [2.45, 2.75) is 38.4 Å². The first-order valence-electron chi connectivity index (χ1n) is 7.49. The molecular weight excluding hydrogens is 302 g/mol. The summed E-state index contributed by atoms with van der Waals surface area (Å²) in [5.74, 6) is -0.801. The zero-order valence-corrected chi connectivity index (χ0v) is 13.8. The van der Waals surface area contributed by atoms with Crippen molar-refractivity contribution in [3.63, 3.8) is 0 Å². The second-order valence-electron chi connectivity index (χ2n) is 5.66. The number of hydrogen-bond donors (Lipinski definition) is 2. The SMILES string of the molecule is CCN(CC(=O)O)C1CC(NC(=O)N(C)Cc2cccs2)C1. The van der Waals surface area contributed by atoms with Crippen molar-refractivity contribution in [3.05, 3.63) is 22.4 Å². The van der Waals surface area contributed by atoms with Gasteiger partial charge >= 0.3 is 12.0 Å². The van der Waals surface area contributed by atoms with Crippen LogP contribution in [0.4, 0.5) is 4.79 Å². The number of carboxylic acids is 1. The predicted molar refractivity (Wildman–Crippen MR) is 86.0 cm³/mol. The maximum Gasteiger partial charge on any atom is 0.317 e. The van der Waals surface area contributed by atoms with Crippen LogP contribution in [-0.4, -0.2) is 59.1 Å². The van der Waals surface area contributed by atoms with Gasteiger partial charge in [0.2, 0.25) is 0 Å². The van der Waals surface area contributed by atoms with Crippen molar-refractivity contribution < 1.29 is 14.7 Å². The van der Waals surface area contributed by atoms with Crippen LogP contribution in [0.5, 0.6) is 0 Å². The van der Waals surface area contributed by atoms with Crippen molar-refractivity contribution in [3.8, 4) is 0 Å². The molecule has 1 aliphatic rings. The molecule has 2 rings (SSSR count). The van der Waals surface area contributed by atoms with Gasteiger partial charge in [-0.2, -0.15) is 0 Å². The van der Waals surface area contributed by atoms with Crippen molar-refractivity contribution in [1.29, 1.82) is 0 Å². The standard InChI is InChI=1S/C15H23N3O3S/c1-3-18(10-14(19)20)12-7-11(8-12)16-15(21)17(2)9-13-5-4-6-22-13/h4-6,11-12H,3,7-10H2,1-2H3,(H,16,21)(H,19,20). The van der Waals surface area contributed by atoms with E-state index in [0.29, 0.717) is 6.54 Å². The summed E-state index contributed by atoms with van der Waals surface area (Å²) in [6, 6.07) is 4.32. The Morgan fingerprint density at radius 2 is 2.18 bits per heavy atom. The third kappa shape index (κ3) is 4.45. The Kier molecular flexibility index (Phi) is 5.79. The van der Waals surface area contributed by atoms with Crippen LogP contribution in [0.25, 0.3) is 0 Å². The number of nitrogens with one attached hydrogen (secondary N) is 1. The maximum absolute atomic E-state index is 12.1. The summed E-state index contributed by atoms with van der Waals surface area (Å²) in [4.78, 5) is 27.7. The van der Waals surface area contributed by atoms with Gasteiger partial charge in [0, 0.05) is 24.0 Å². The van der Waals surface area contributed by atoms with E-state index >= 15 is 0 Å². The molecule has 0 atom stereocenters. The van der Waals surface area contributed by atoms with Crippen LogP contribution in [0.2, 0.25) is 0 Å². The lowest BCUT2D eigenvalue weighted by Gasteiger charge is -2.42. The summed E-state index contributed by atoms with van der Waals surface area (Å²) >= 11 is 1.64. The van der Waals surface area contributed by atoms with E-state index in [1.165, 1.54) is 0 Å². The van der Waals surface area contributed by atoms with E-state index in [1.807, 2.05) is 29.3 Å². The van der Waals surface area contributed by atoms with Gasteiger partial charge in [0.25, 0.3) is 0 Å². The van der Waals surface area contributed by atoms with E-state index in [-0.39, 0.29) is 24.7 Å². The molecule has 0 radical (unpaired) electrons. The van der Waals surface area contributed by atoms with Gasteiger partial charge in [0.05, 0.1) is 13.1 Å². The Morgan fingerprint density at radius 1 is 1.45 bits per heavy atom. The lowest BCUT2D eigenvalue weighted by atomic mass is 9.85. The molecular formula is C15H23N3O3S. The van der Waals surface area contributed by atoms with E-state index in [4.69, 9.17) is 5.11 Å². The summed E-state index contributed by atoms with van der Waals surface area (Å²) in [6.45, 7) is 3.36. The smallest absolute Gasteiger partial charge is 0.317 e.